The van der Waals surface area contributed by atoms with E-state index >= 15 is 0 Å². The van der Waals surface area contributed by atoms with Crippen LogP contribution in [-0.4, -0.2) is 77.0 Å². The predicted molar refractivity (Wildman–Crippen MR) is 110 cm³/mol. The molecular weight excluding hydrogens is 370 g/mol. The molecule has 2 aliphatic heterocycles. The second-order valence-corrected chi connectivity index (χ2v) is 9.75. The van der Waals surface area contributed by atoms with E-state index in [1.807, 2.05) is 30.6 Å². The maximum Gasteiger partial charge on any atom is 0.410 e. The molecule has 1 atom stereocenters. The van der Waals surface area contributed by atoms with Gasteiger partial charge in [0, 0.05) is 39.1 Å². The molecule has 164 valence electrons. The van der Waals surface area contributed by atoms with Gasteiger partial charge in [0.05, 0.1) is 0 Å². The third kappa shape index (κ3) is 5.86. The van der Waals surface area contributed by atoms with Gasteiger partial charge in [0.15, 0.2) is 0 Å². The fourth-order valence-electron chi connectivity index (χ4n) is 4.70. The average Bonchev–Trinajstić information content (AvgIpc) is 3.19. The van der Waals surface area contributed by atoms with E-state index in [4.69, 9.17) is 4.74 Å². The Labute approximate surface area is 174 Å². The van der Waals surface area contributed by atoms with Crippen LogP contribution in [0.2, 0.25) is 0 Å². The molecule has 0 bridgehead atoms. The SMILES string of the molecule is CC(C)(C)OC(=O)N1CCCCC1C(=O)N1CCN(C(=O)CC2CCCC2)CC1. The van der Waals surface area contributed by atoms with Crippen LogP contribution in [0.25, 0.3) is 0 Å². The van der Waals surface area contributed by atoms with Crippen LogP contribution in [0.4, 0.5) is 4.79 Å². The minimum absolute atomic E-state index is 0.00143. The molecule has 0 N–H and O–H groups in total. The van der Waals surface area contributed by atoms with Crippen molar-refractivity contribution < 1.29 is 19.1 Å². The summed E-state index contributed by atoms with van der Waals surface area (Å²) in [6.07, 6.45) is 7.61. The zero-order valence-corrected chi connectivity index (χ0v) is 18.3. The highest BCUT2D eigenvalue weighted by molar-refractivity contribution is 5.86. The summed E-state index contributed by atoms with van der Waals surface area (Å²) in [6.45, 7) is 8.37. The molecule has 2 heterocycles. The average molecular weight is 408 g/mol. The molecule has 3 fully saturated rings. The lowest BCUT2D eigenvalue weighted by Gasteiger charge is -2.41. The van der Waals surface area contributed by atoms with Crippen LogP contribution < -0.4 is 0 Å². The van der Waals surface area contributed by atoms with Gasteiger partial charge in [0.2, 0.25) is 11.8 Å². The van der Waals surface area contributed by atoms with E-state index in [1.54, 1.807) is 4.90 Å². The lowest BCUT2D eigenvalue weighted by atomic mass is 10.0. The van der Waals surface area contributed by atoms with Crippen LogP contribution in [0.1, 0.15) is 72.1 Å². The molecule has 0 aromatic rings. The Morgan fingerprint density at radius 1 is 0.828 bits per heavy atom. The summed E-state index contributed by atoms with van der Waals surface area (Å²) in [6, 6.07) is -0.445. The molecule has 29 heavy (non-hydrogen) atoms. The number of piperazine rings is 1. The number of hydrogen-bond acceptors (Lipinski definition) is 4. The molecule has 0 aromatic carbocycles. The summed E-state index contributed by atoms with van der Waals surface area (Å²) in [7, 11) is 0. The highest BCUT2D eigenvalue weighted by atomic mass is 16.6. The maximum atomic E-state index is 13.2. The van der Waals surface area contributed by atoms with Gasteiger partial charge in [-0.2, -0.15) is 0 Å². The van der Waals surface area contributed by atoms with Crippen LogP contribution >= 0.6 is 0 Å². The summed E-state index contributed by atoms with van der Waals surface area (Å²) in [5, 5.41) is 0. The van der Waals surface area contributed by atoms with Crippen LogP contribution in [-0.2, 0) is 14.3 Å². The van der Waals surface area contributed by atoms with Crippen molar-refractivity contribution in [2.45, 2.75) is 83.8 Å². The second-order valence-electron chi connectivity index (χ2n) is 9.75. The Kier molecular flexibility index (Phi) is 7.06. The number of hydrogen-bond donors (Lipinski definition) is 0. The fraction of sp³-hybridized carbons (Fsp3) is 0.864. The van der Waals surface area contributed by atoms with Gasteiger partial charge in [-0.1, -0.05) is 12.8 Å². The first-order valence-corrected chi connectivity index (χ1v) is 11.3. The van der Waals surface area contributed by atoms with E-state index in [1.165, 1.54) is 25.7 Å². The van der Waals surface area contributed by atoms with E-state index < -0.39 is 17.7 Å². The van der Waals surface area contributed by atoms with Crippen LogP contribution in [0.3, 0.4) is 0 Å². The number of carbonyl (C=O) groups excluding carboxylic acids is 3. The first-order chi connectivity index (χ1) is 13.7. The first-order valence-electron chi connectivity index (χ1n) is 11.3. The monoisotopic (exact) mass is 407 g/mol. The molecule has 3 amide bonds. The number of piperidine rings is 1. The molecule has 1 aliphatic carbocycles. The van der Waals surface area contributed by atoms with Crippen molar-refractivity contribution in [1.29, 1.82) is 0 Å². The minimum Gasteiger partial charge on any atom is -0.444 e. The van der Waals surface area contributed by atoms with Gasteiger partial charge in [-0.25, -0.2) is 4.79 Å². The Bertz CT molecular complexity index is 602. The van der Waals surface area contributed by atoms with Gasteiger partial charge < -0.3 is 14.5 Å². The van der Waals surface area contributed by atoms with E-state index in [2.05, 4.69) is 0 Å². The Hall–Kier alpha value is -1.79. The molecule has 2 saturated heterocycles. The minimum atomic E-state index is -0.576. The van der Waals surface area contributed by atoms with Crippen molar-refractivity contribution in [2.24, 2.45) is 5.92 Å². The number of nitrogens with zero attached hydrogens (tertiary/aromatic N) is 3. The third-order valence-corrected chi connectivity index (χ3v) is 6.30. The van der Waals surface area contributed by atoms with Gasteiger partial charge in [0.1, 0.15) is 11.6 Å². The zero-order chi connectivity index (χ0) is 21.0. The van der Waals surface area contributed by atoms with Gasteiger partial charge in [-0.15, -0.1) is 0 Å². The fourth-order valence-corrected chi connectivity index (χ4v) is 4.70. The standard InChI is InChI=1S/C22H37N3O4/c1-22(2,3)29-21(28)25-11-7-6-10-18(25)20(27)24-14-12-23(13-15-24)19(26)16-17-8-4-5-9-17/h17-18H,4-16H2,1-3H3. The van der Waals surface area contributed by atoms with Crippen molar-refractivity contribution in [3.8, 4) is 0 Å². The van der Waals surface area contributed by atoms with Gasteiger partial charge in [0.25, 0.3) is 0 Å². The van der Waals surface area contributed by atoms with E-state index in [-0.39, 0.29) is 11.8 Å². The number of ether oxygens (including phenoxy) is 1. The normalized spacial score (nSPS) is 24.0. The second kappa shape index (κ2) is 9.35. The molecule has 3 rings (SSSR count). The quantitative estimate of drug-likeness (QED) is 0.721. The Balaban J connectivity index is 1.53. The van der Waals surface area contributed by atoms with Crippen LogP contribution in [0, 0.1) is 5.92 Å². The third-order valence-electron chi connectivity index (χ3n) is 6.30. The first kappa shape index (κ1) is 21.9. The Morgan fingerprint density at radius 2 is 1.41 bits per heavy atom. The highest BCUT2D eigenvalue weighted by Crippen LogP contribution is 2.28. The number of likely N-dealkylation sites (tertiary alicyclic amines) is 1. The highest BCUT2D eigenvalue weighted by Gasteiger charge is 2.38. The summed E-state index contributed by atoms with van der Waals surface area (Å²) in [5.74, 6) is 0.780. The van der Waals surface area contributed by atoms with Crippen LogP contribution in [0.5, 0.6) is 0 Å². The van der Waals surface area contributed by atoms with Crippen molar-refractivity contribution in [2.75, 3.05) is 32.7 Å². The molecule has 0 spiro atoms. The van der Waals surface area contributed by atoms with Gasteiger partial charge in [-0.3, -0.25) is 14.5 Å². The van der Waals surface area contributed by atoms with E-state index in [0.29, 0.717) is 51.5 Å². The lowest BCUT2D eigenvalue weighted by Crippen LogP contribution is -2.58. The summed E-state index contributed by atoms with van der Waals surface area (Å²) in [5.41, 5.74) is -0.576. The molecular formula is C22H37N3O4. The number of rotatable bonds is 3. The van der Waals surface area contributed by atoms with Gasteiger partial charge in [-0.05, 0) is 58.8 Å². The van der Waals surface area contributed by atoms with E-state index in [9.17, 15) is 14.4 Å². The summed E-state index contributed by atoms with van der Waals surface area (Å²) >= 11 is 0. The topological polar surface area (TPSA) is 70.2 Å². The Morgan fingerprint density at radius 3 is 2.03 bits per heavy atom. The van der Waals surface area contributed by atoms with E-state index in [0.717, 1.165) is 12.8 Å². The summed E-state index contributed by atoms with van der Waals surface area (Å²) in [4.78, 5) is 43.7. The predicted octanol–water partition coefficient (Wildman–Crippen LogP) is 3.03. The van der Waals surface area contributed by atoms with Crippen LogP contribution in [0.15, 0.2) is 0 Å². The van der Waals surface area contributed by atoms with Gasteiger partial charge >= 0.3 is 6.09 Å². The largest absolute Gasteiger partial charge is 0.444 e. The number of amides is 3. The molecule has 7 nitrogen and oxygen atoms in total. The van der Waals surface area contributed by atoms with Crippen molar-refractivity contribution in [3.05, 3.63) is 0 Å². The smallest absolute Gasteiger partial charge is 0.410 e. The summed E-state index contributed by atoms with van der Waals surface area (Å²) < 4.78 is 5.52. The van der Waals surface area contributed by atoms with Crippen molar-refractivity contribution in [1.82, 2.24) is 14.7 Å². The molecule has 0 aromatic heterocycles. The molecule has 7 heteroatoms. The molecule has 1 unspecified atom stereocenters. The maximum absolute atomic E-state index is 13.2. The zero-order valence-electron chi connectivity index (χ0n) is 18.3. The lowest BCUT2D eigenvalue weighted by molar-refractivity contribution is -0.144. The van der Waals surface area contributed by atoms with Crippen molar-refractivity contribution in [3.63, 3.8) is 0 Å². The molecule has 1 saturated carbocycles. The molecule has 3 aliphatic rings. The van der Waals surface area contributed by atoms with Crippen molar-refractivity contribution >= 4 is 17.9 Å². The number of carbonyl (C=O) groups is 3. The molecule has 0 radical (unpaired) electrons.